The number of carbonyl (C=O) groups excluding carboxylic acids is 2. The van der Waals surface area contributed by atoms with Crippen molar-refractivity contribution in [1.82, 2.24) is 4.90 Å². The predicted molar refractivity (Wildman–Crippen MR) is 139 cm³/mol. The summed E-state index contributed by atoms with van der Waals surface area (Å²) in [5.41, 5.74) is 3.19. The van der Waals surface area contributed by atoms with Crippen molar-refractivity contribution in [3.8, 4) is 5.75 Å². The van der Waals surface area contributed by atoms with Gasteiger partial charge in [0.15, 0.2) is 0 Å². The van der Waals surface area contributed by atoms with E-state index in [9.17, 15) is 9.59 Å². The van der Waals surface area contributed by atoms with Crippen molar-refractivity contribution < 1.29 is 14.3 Å². The molecular weight excluding hydrogens is 494 g/mol. The summed E-state index contributed by atoms with van der Waals surface area (Å²) in [7, 11) is 1.60. The fraction of sp³-hybridized carbons (Fsp3) is 0.185. The van der Waals surface area contributed by atoms with Gasteiger partial charge in [0, 0.05) is 47.9 Å². The smallest absolute Gasteiger partial charge is 0.253 e. The van der Waals surface area contributed by atoms with E-state index in [1.807, 2.05) is 77.7 Å². The zero-order chi connectivity index (χ0) is 23.9. The van der Waals surface area contributed by atoms with Gasteiger partial charge in [-0.3, -0.25) is 9.59 Å². The third kappa shape index (κ3) is 5.66. The summed E-state index contributed by atoms with van der Waals surface area (Å²) in [4.78, 5) is 29.5. The van der Waals surface area contributed by atoms with Gasteiger partial charge in [-0.2, -0.15) is 0 Å². The zero-order valence-corrected chi connectivity index (χ0v) is 20.5. The molecular formula is C27H26BrN3O3. The van der Waals surface area contributed by atoms with Gasteiger partial charge in [0.05, 0.1) is 18.5 Å². The predicted octanol–water partition coefficient (Wildman–Crippen LogP) is 5.07. The quantitative estimate of drug-likeness (QED) is 0.461. The summed E-state index contributed by atoms with van der Waals surface area (Å²) in [6.45, 7) is 2.63. The van der Waals surface area contributed by atoms with Crippen molar-refractivity contribution in [2.45, 2.75) is 0 Å². The first-order valence-corrected chi connectivity index (χ1v) is 11.9. The number of piperazine rings is 1. The van der Waals surface area contributed by atoms with E-state index in [2.05, 4.69) is 26.1 Å². The fourth-order valence-corrected chi connectivity index (χ4v) is 4.32. The van der Waals surface area contributed by atoms with Crippen molar-refractivity contribution in [3.63, 3.8) is 0 Å². The van der Waals surface area contributed by atoms with Crippen LogP contribution in [0.25, 0.3) is 6.08 Å². The Morgan fingerprint density at radius 3 is 2.38 bits per heavy atom. The van der Waals surface area contributed by atoms with Gasteiger partial charge < -0.3 is 19.9 Å². The standard InChI is InChI=1S/C27H26BrN3O3/c1-34-25-13-12-22(28)19-21(25)11-14-26(32)29-23-9-5-6-10-24(23)30-15-17-31(18-16-30)27(33)20-7-3-2-4-8-20/h2-14,19H,15-18H2,1H3,(H,29,32)/b14-11+. The lowest BCUT2D eigenvalue weighted by Crippen LogP contribution is -2.49. The average Bonchev–Trinajstić information content (AvgIpc) is 2.88. The molecule has 0 aliphatic carbocycles. The topological polar surface area (TPSA) is 61.9 Å². The molecule has 1 aliphatic heterocycles. The van der Waals surface area contributed by atoms with Gasteiger partial charge in [0.1, 0.15) is 5.75 Å². The van der Waals surface area contributed by atoms with Crippen LogP contribution in [0.2, 0.25) is 0 Å². The molecule has 7 heteroatoms. The van der Waals surface area contributed by atoms with E-state index >= 15 is 0 Å². The normalized spacial score (nSPS) is 13.7. The lowest BCUT2D eigenvalue weighted by Gasteiger charge is -2.37. The number of halogens is 1. The molecule has 1 aliphatic rings. The van der Waals surface area contributed by atoms with Crippen LogP contribution in [0.1, 0.15) is 15.9 Å². The summed E-state index contributed by atoms with van der Waals surface area (Å²) < 4.78 is 6.27. The van der Waals surface area contributed by atoms with Gasteiger partial charge in [-0.25, -0.2) is 0 Å². The molecule has 1 fully saturated rings. The van der Waals surface area contributed by atoms with Gasteiger partial charge in [0.25, 0.3) is 5.91 Å². The third-order valence-corrected chi connectivity index (χ3v) is 6.19. The molecule has 4 rings (SSSR count). The van der Waals surface area contributed by atoms with Crippen LogP contribution < -0.4 is 15.0 Å². The maximum absolute atomic E-state index is 12.7. The van der Waals surface area contributed by atoms with E-state index in [0.29, 0.717) is 37.5 Å². The molecule has 0 unspecified atom stereocenters. The number of amides is 2. The highest BCUT2D eigenvalue weighted by Gasteiger charge is 2.23. The number of ether oxygens (including phenoxy) is 1. The van der Waals surface area contributed by atoms with E-state index in [1.54, 1.807) is 13.2 Å². The first-order valence-electron chi connectivity index (χ1n) is 11.1. The van der Waals surface area contributed by atoms with Crippen molar-refractivity contribution in [2.24, 2.45) is 0 Å². The Kier molecular flexibility index (Phi) is 7.65. The molecule has 3 aromatic carbocycles. The molecule has 1 heterocycles. The zero-order valence-electron chi connectivity index (χ0n) is 18.9. The first-order chi connectivity index (χ1) is 16.5. The molecule has 0 aromatic heterocycles. The minimum absolute atomic E-state index is 0.0509. The number of rotatable bonds is 6. The van der Waals surface area contributed by atoms with Crippen molar-refractivity contribution >= 4 is 45.2 Å². The van der Waals surface area contributed by atoms with E-state index in [0.717, 1.165) is 21.4 Å². The minimum atomic E-state index is -0.229. The third-order valence-electron chi connectivity index (χ3n) is 5.70. The van der Waals surface area contributed by atoms with E-state index in [-0.39, 0.29) is 11.8 Å². The number of hydrogen-bond acceptors (Lipinski definition) is 4. The fourth-order valence-electron chi connectivity index (χ4n) is 3.94. The molecule has 0 spiro atoms. The highest BCUT2D eigenvalue weighted by molar-refractivity contribution is 9.10. The SMILES string of the molecule is COc1ccc(Br)cc1/C=C/C(=O)Nc1ccccc1N1CCN(C(=O)c2ccccc2)CC1. The Morgan fingerprint density at radius 1 is 0.941 bits per heavy atom. The van der Waals surface area contributed by atoms with Crippen LogP contribution in [0.4, 0.5) is 11.4 Å². The van der Waals surface area contributed by atoms with Gasteiger partial charge in [0.2, 0.25) is 5.91 Å². The lowest BCUT2D eigenvalue weighted by molar-refractivity contribution is -0.111. The summed E-state index contributed by atoms with van der Waals surface area (Å²) >= 11 is 3.45. The second-order valence-electron chi connectivity index (χ2n) is 7.87. The van der Waals surface area contributed by atoms with Crippen LogP contribution in [-0.2, 0) is 4.79 Å². The van der Waals surface area contributed by atoms with E-state index in [1.165, 1.54) is 6.08 Å². The Bertz CT molecular complexity index is 1190. The summed E-state index contributed by atoms with van der Waals surface area (Å²) in [5.74, 6) is 0.512. The minimum Gasteiger partial charge on any atom is -0.496 e. The van der Waals surface area contributed by atoms with Crippen molar-refractivity contribution in [2.75, 3.05) is 43.5 Å². The van der Waals surface area contributed by atoms with Crippen LogP contribution in [0.15, 0.2) is 83.3 Å². The number of hydrogen-bond donors (Lipinski definition) is 1. The van der Waals surface area contributed by atoms with Crippen LogP contribution in [0.5, 0.6) is 5.75 Å². The average molecular weight is 520 g/mol. The molecule has 0 bridgehead atoms. The molecule has 1 N–H and O–H groups in total. The highest BCUT2D eigenvalue weighted by Crippen LogP contribution is 2.28. The number of nitrogens with zero attached hydrogens (tertiary/aromatic N) is 2. The lowest BCUT2D eigenvalue weighted by atomic mass is 10.1. The Labute approximate surface area is 208 Å². The van der Waals surface area contributed by atoms with Crippen LogP contribution >= 0.6 is 15.9 Å². The van der Waals surface area contributed by atoms with Gasteiger partial charge in [-0.05, 0) is 48.5 Å². The number of nitrogens with one attached hydrogen (secondary N) is 1. The van der Waals surface area contributed by atoms with Crippen molar-refractivity contribution in [3.05, 3.63) is 94.5 Å². The molecule has 34 heavy (non-hydrogen) atoms. The monoisotopic (exact) mass is 519 g/mol. The Balaban J connectivity index is 1.41. The molecule has 0 saturated carbocycles. The second kappa shape index (κ2) is 11.0. The number of anilines is 2. The van der Waals surface area contributed by atoms with E-state index < -0.39 is 0 Å². The summed E-state index contributed by atoms with van der Waals surface area (Å²) in [5, 5.41) is 2.99. The number of para-hydroxylation sites is 2. The van der Waals surface area contributed by atoms with E-state index in [4.69, 9.17) is 4.74 Å². The largest absolute Gasteiger partial charge is 0.496 e. The maximum Gasteiger partial charge on any atom is 0.253 e. The highest BCUT2D eigenvalue weighted by atomic mass is 79.9. The number of methoxy groups -OCH3 is 1. The molecule has 0 radical (unpaired) electrons. The first kappa shape index (κ1) is 23.6. The van der Waals surface area contributed by atoms with Crippen LogP contribution in [0, 0.1) is 0 Å². The molecule has 1 saturated heterocycles. The second-order valence-corrected chi connectivity index (χ2v) is 8.79. The maximum atomic E-state index is 12.7. The molecule has 6 nitrogen and oxygen atoms in total. The molecule has 174 valence electrons. The van der Waals surface area contributed by atoms with Gasteiger partial charge in [-0.1, -0.05) is 46.3 Å². The number of carbonyl (C=O) groups is 2. The molecule has 3 aromatic rings. The van der Waals surface area contributed by atoms with Gasteiger partial charge >= 0.3 is 0 Å². The molecule has 2 amide bonds. The van der Waals surface area contributed by atoms with Crippen molar-refractivity contribution in [1.29, 1.82) is 0 Å². The van der Waals surface area contributed by atoms with Crippen LogP contribution in [-0.4, -0.2) is 50.0 Å². The summed E-state index contributed by atoms with van der Waals surface area (Å²) in [6.07, 6.45) is 3.23. The summed E-state index contributed by atoms with van der Waals surface area (Å²) in [6, 6.07) is 22.7. The number of benzene rings is 3. The Hall–Kier alpha value is -3.58. The Morgan fingerprint density at radius 2 is 1.65 bits per heavy atom. The van der Waals surface area contributed by atoms with Crippen LogP contribution in [0.3, 0.4) is 0 Å². The molecule has 0 atom stereocenters. The van der Waals surface area contributed by atoms with Gasteiger partial charge in [-0.15, -0.1) is 0 Å².